The van der Waals surface area contributed by atoms with E-state index in [2.05, 4.69) is 35.8 Å². The number of rotatable bonds is 2. The van der Waals surface area contributed by atoms with E-state index in [1.807, 2.05) is 48.2 Å². The molecule has 7 heteroatoms. The molecule has 6 nitrogen and oxygen atoms in total. The smallest absolute Gasteiger partial charge is 0.321 e. The van der Waals surface area contributed by atoms with Gasteiger partial charge in [0.1, 0.15) is 11.3 Å². The molecule has 4 rings (SSSR count). The Kier molecular flexibility index (Phi) is 4.63. The predicted molar refractivity (Wildman–Crippen MR) is 105 cm³/mol. The van der Waals surface area contributed by atoms with E-state index in [0.29, 0.717) is 6.04 Å². The second kappa shape index (κ2) is 7.07. The number of fused-ring (bicyclic) bond motifs is 1. The lowest BCUT2D eigenvalue weighted by molar-refractivity contribution is 0.184. The molecule has 1 saturated heterocycles. The summed E-state index contributed by atoms with van der Waals surface area (Å²) in [7, 11) is 0. The SMILES string of the molecule is Cc1nc2cccnc2n1C1CCN(C(=O)Nc2cccc(Br)c2)CC1. The summed E-state index contributed by atoms with van der Waals surface area (Å²) < 4.78 is 3.17. The number of hydrogen-bond acceptors (Lipinski definition) is 3. The number of imidazole rings is 1. The van der Waals surface area contributed by atoms with Gasteiger partial charge in [0, 0.05) is 35.5 Å². The standard InChI is InChI=1S/C19H20BrN5O/c1-13-22-17-6-3-9-21-18(17)25(13)16-7-10-24(11-8-16)19(26)23-15-5-2-4-14(20)12-15/h2-6,9,12,16H,7-8,10-11H2,1H3,(H,23,26). The maximum atomic E-state index is 12.5. The van der Waals surface area contributed by atoms with Crippen molar-refractivity contribution in [3.63, 3.8) is 0 Å². The third-order valence-electron chi connectivity index (χ3n) is 4.82. The van der Waals surface area contributed by atoms with Gasteiger partial charge in [0.25, 0.3) is 0 Å². The monoisotopic (exact) mass is 413 g/mol. The van der Waals surface area contributed by atoms with Crippen LogP contribution in [0.5, 0.6) is 0 Å². The van der Waals surface area contributed by atoms with Gasteiger partial charge in [0.2, 0.25) is 0 Å². The molecule has 0 saturated carbocycles. The van der Waals surface area contributed by atoms with Crippen molar-refractivity contribution in [3.8, 4) is 0 Å². The Balaban J connectivity index is 1.44. The third-order valence-corrected chi connectivity index (χ3v) is 5.31. The fourth-order valence-corrected chi connectivity index (χ4v) is 3.98. The number of urea groups is 1. The van der Waals surface area contributed by atoms with Gasteiger partial charge in [-0.25, -0.2) is 14.8 Å². The zero-order chi connectivity index (χ0) is 18.1. The lowest BCUT2D eigenvalue weighted by atomic mass is 10.0. The van der Waals surface area contributed by atoms with Gasteiger partial charge in [-0.15, -0.1) is 0 Å². The van der Waals surface area contributed by atoms with Crippen LogP contribution in [0, 0.1) is 6.92 Å². The van der Waals surface area contributed by atoms with Crippen LogP contribution in [0.3, 0.4) is 0 Å². The molecule has 1 aliphatic rings. The molecule has 0 aliphatic carbocycles. The Morgan fingerprint density at radius 3 is 2.81 bits per heavy atom. The van der Waals surface area contributed by atoms with Crippen LogP contribution in [-0.4, -0.2) is 38.6 Å². The van der Waals surface area contributed by atoms with Gasteiger partial charge in [0.05, 0.1) is 0 Å². The Hall–Kier alpha value is -2.41. The van der Waals surface area contributed by atoms with Crippen molar-refractivity contribution in [2.24, 2.45) is 0 Å². The van der Waals surface area contributed by atoms with Crippen LogP contribution >= 0.6 is 15.9 Å². The highest BCUT2D eigenvalue weighted by Crippen LogP contribution is 2.28. The topological polar surface area (TPSA) is 63.1 Å². The van der Waals surface area contributed by atoms with E-state index in [1.165, 1.54) is 0 Å². The number of likely N-dealkylation sites (tertiary alicyclic amines) is 1. The van der Waals surface area contributed by atoms with Gasteiger partial charge in [-0.05, 0) is 50.1 Å². The van der Waals surface area contributed by atoms with Crippen LogP contribution in [-0.2, 0) is 0 Å². The van der Waals surface area contributed by atoms with Gasteiger partial charge < -0.3 is 14.8 Å². The number of pyridine rings is 1. The highest BCUT2D eigenvalue weighted by atomic mass is 79.9. The zero-order valence-electron chi connectivity index (χ0n) is 14.5. The number of nitrogens with zero attached hydrogens (tertiary/aromatic N) is 4. The van der Waals surface area contributed by atoms with E-state index >= 15 is 0 Å². The number of benzene rings is 1. The molecule has 1 fully saturated rings. The number of piperidine rings is 1. The summed E-state index contributed by atoms with van der Waals surface area (Å²) in [5, 5.41) is 2.97. The number of halogens is 1. The summed E-state index contributed by atoms with van der Waals surface area (Å²) in [5.41, 5.74) is 2.66. The molecule has 1 aliphatic heterocycles. The number of amides is 2. The number of anilines is 1. The first kappa shape index (κ1) is 17.0. The van der Waals surface area contributed by atoms with Crippen LogP contribution in [0.4, 0.5) is 10.5 Å². The molecule has 3 heterocycles. The summed E-state index contributed by atoms with van der Waals surface area (Å²) >= 11 is 3.42. The largest absolute Gasteiger partial charge is 0.324 e. The number of nitrogens with one attached hydrogen (secondary N) is 1. The van der Waals surface area contributed by atoms with E-state index in [1.54, 1.807) is 6.20 Å². The van der Waals surface area contributed by atoms with E-state index in [-0.39, 0.29) is 6.03 Å². The Bertz CT molecular complexity index is 946. The van der Waals surface area contributed by atoms with Crippen LogP contribution in [0.15, 0.2) is 47.1 Å². The predicted octanol–water partition coefficient (Wildman–Crippen LogP) is 4.37. The molecule has 2 amide bonds. The van der Waals surface area contributed by atoms with Gasteiger partial charge >= 0.3 is 6.03 Å². The normalized spacial score (nSPS) is 15.4. The molecule has 2 aromatic heterocycles. The maximum Gasteiger partial charge on any atom is 0.321 e. The van der Waals surface area contributed by atoms with Crippen molar-refractivity contribution in [1.29, 1.82) is 0 Å². The van der Waals surface area contributed by atoms with Crippen LogP contribution < -0.4 is 5.32 Å². The van der Waals surface area contributed by atoms with Crippen molar-refractivity contribution in [1.82, 2.24) is 19.4 Å². The number of aryl methyl sites for hydroxylation is 1. The van der Waals surface area contributed by atoms with Gasteiger partial charge in [-0.3, -0.25) is 0 Å². The second-order valence-corrected chi connectivity index (χ2v) is 7.45. The summed E-state index contributed by atoms with van der Waals surface area (Å²) in [6.45, 7) is 3.46. The summed E-state index contributed by atoms with van der Waals surface area (Å²) in [6.07, 6.45) is 3.60. The van der Waals surface area contributed by atoms with Crippen molar-refractivity contribution in [2.75, 3.05) is 18.4 Å². The zero-order valence-corrected chi connectivity index (χ0v) is 16.1. The first-order chi connectivity index (χ1) is 12.6. The highest BCUT2D eigenvalue weighted by molar-refractivity contribution is 9.10. The quantitative estimate of drug-likeness (QED) is 0.678. The average Bonchev–Trinajstić information content (AvgIpc) is 2.97. The molecule has 0 atom stereocenters. The maximum absolute atomic E-state index is 12.5. The fraction of sp³-hybridized carbons (Fsp3) is 0.316. The van der Waals surface area contributed by atoms with Crippen molar-refractivity contribution >= 4 is 38.8 Å². The highest BCUT2D eigenvalue weighted by Gasteiger charge is 2.26. The average molecular weight is 414 g/mol. The molecule has 0 bridgehead atoms. The lowest BCUT2D eigenvalue weighted by Gasteiger charge is -2.33. The molecule has 0 radical (unpaired) electrons. The molecule has 1 aromatic carbocycles. The summed E-state index contributed by atoms with van der Waals surface area (Å²) in [4.78, 5) is 23.5. The number of aromatic nitrogens is 3. The molecule has 134 valence electrons. The Morgan fingerprint density at radius 1 is 1.23 bits per heavy atom. The van der Waals surface area contributed by atoms with Crippen molar-refractivity contribution < 1.29 is 4.79 Å². The third kappa shape index (κ3) is 3.31. The van der Waals surface area contributed by atoms with E-state index in [0.717, 1.165) is 53.1 Å². The minimum Gasteiger partial charge on any atom is -0.324 e. The van der Waals surface area contributed by atoms with E-state index < -0.39 is 0 Å². The fourth-order valence-electron chi connectivity index (χ4n) is 3.58. The molecule has 0 spiro atoms. The van der Waals surface area contributed by atoms with Gasteiger partial charge in [-0.1, -0.05) is 22.0 Å². The minimum atomic E-state index is -0.0492. The molecule has 0 unspecified atom stereocenters. The first-order valence-corrected chi connectivity index (χ1v) is 9.52. The molecular weight excluding hydrogens is 394 g/mol. The minimum absolute atomic E-state index is 0.0492. The van der Waals surface area contributed by atoms with Crippen LogP contribution in [0.1, 0.15) is 24.7 Å². The first-order valence-electron chi connectivity index (χ1n) is 8.73. The molecular formula is C19H20BrN5O. The van der Waals surface area contributed by atoms with Crippen molar-refractivity contribution in [3.05, 3.63) is 52.9 Å². The van der Waals surface area contributed by atoms with Crippen LogP contribution in [0.2, 0.25) is 0 Å². The lowest BCUT2D eigenvalue weighted by Crippen LogP contribution is -2.41. The van der Waals surface area contributed by atoms with Crippen molar-refractivity contribution in [2.45, 2.75) is 25.8 Å². The van der Waals surface area contributed by atoms with Crippen LogP contribution in [0.25, 0.3) is 11.2 Å². The molecule has 3 aromatic rings. The van der Waals surface area contributed by atoms with E-state index in [4.69, 9.17) is 0 Å². The number of hydrogen-bond donors (Lipinski definition) is 1. The Morgan fingerprint density at radius 2 is 2.04 bits per heavy atom. The van der Waals surface area contributed by atoms with Gasteiger partial charge in [-0.2, -0.15) is 0 Å². The second-order valence-electron chi connectivity index (χ2n) is 6.53. The summed E-state index contributed by atoms with van der Waals surface area (Å²) in [6, 6.07) is 11.8. The number of carbonyl (C=O) groups excluding carboxylic acids is 1. The molecule has 26 heavy (non-hydrogen) atoms. The van der Waals surface area contributed by atoms with Gasteiger partial charge in [0.15, 0.2) is 5.65 Å². The molecule has 1 N–H and O–H groups in total. The summed E-state index contributed by atoms with van der Waals surface area (Å²) in [5.74, 6) is 0.982. The number of carbonyl (C=O) groups is 1. The Labute approximate surface area is 160 Å². The van der Waals surface area contributed by atoms with E-state index in [9.17, 15) is 4.79 Å².